The molecule has 1 aromatic carbocycles. The van der Waals surface area contributed by atoms with Crippen molar-refractivity contribution in [3.05, 3.63) is 27.8 Å². The van der Waals surface area contributed by atoms with Gasteiger partial charge in [-0.1, -0.05) is 0 Å². The summed E-state index contributed by atoms with van der Waals surface area (Å²) in [5, 5.41) is 11.7. The average molecular weight is 389 g/mol. The lowest BCUT2D eigenvalue weighted by molar-refractivity contribution is -0.142. The predicted molar refractivity (Wildman–Crippen MR) is 82.5 cm³/mol. The Morgan fingerprint density at radius 3 is 2.65 bits per heavy atom. The van der Waals surface area contributed by atoms with Crippen molar-refractivity contribution in [3.63, 3.8) is 0 Å². The Bertz CT molecular complexity index is 482. The van der Waals surface area contributed by atoms with Crippen molar-refractivity contribution in [2.45, 2.75) is 25.4 Å². The predicted octanol–water partition coefficient (Wildman–Crippen LogP) is 2.50. The second kappa shape index (κ2) is 7.03. The molecule has 6 heteroatoms. The minimum atomic E-state index is -0.983. The lowest BCUT2D eigenvalue weighted by Crippen LogP contribution is -2.34. The number of hydrogen-bond donors (Lipinski definition) is 2. The largest absolute Gasteiger partial charge is 0.481 e. The van der Waals surface area contributed by atoms with Gasteiger partial charge in [0.1, 0.15) is 0 Å². The number of ether oxygens (including phenoxy) is 1. The number of carboxylic acids is 1. The Labute approximate surface area is 130 Å². The number of hydrogen-bond acceptors (Lipinski definition) is 3. The topological polar surface area (TPSA) is 75.6 Å². The number of amides is 1. The maximum atomic E-state index is 12.3. The van der Waals surface area contributed by atoms with E-state index in [1.165, 1.54) is 0 Å². The molecule has 0 aliphatic carbocycles. The molecule has 2 unspecified atom stereocenters. The number of benzene rings is 1. The summed E-state index contributed by atoms with van der Waals surface area (Å²) in [6.45, 7) is 0.595. The molecular weight excluding hydrogens is 373 g/mol. The van der Waals surface area contributed by atoms with Crippen LogP contribution in [-0.4, -0.2) is 29.7 Å². The van der Waals surface area contributed by atoms with E-state index in [1.807, 2.05) is 12.1 Å². The summed E-state index contributed by atoms with van der Waals surface area (Å²) in [7, 11) is 0. The maximum absolute atomic E-state index is 12.3. The lowest BCUT2D eigenvalue weighted by atomic mass is 9.95. The SMILES string of the molecule is O=C(O)CC(C(=O)Nc1ccc(I)cc1)C1CCCO1. The first-order valence-corrected chi connectivity index (χ1v) is 7.54. The molecule has 0 bridgehead atoms. The first kappa shape index (κ1) is 15.2. The Balaban J connectivity index is 2.05. The summed E-state index contributed by atoms with van der Waals surface area (Å²) in [6, 6.07) is 7.36. The summed E-state index contributed by atoms with van der Waals surface area (Å²) in [5.41, 5.74) is 0.670. The molecule has 2 N–H and O–H groups in total. The molecule has 5 nitrogen and oxygen atoms in total. The Morgan fingerprint density at radius 2 is 2.10 bits per heavy atom. The van der Waals surface area contributed by atoms with Crippen LogP contribution in [0, 0.1) is 9.49 Å². The Kier molecular flexibility index (Phi) is 5.36. The highest BCUT2D eigenvalue weighted by Gasteiger charge is 2.33. The zero-order valence-electron chi connectivity index (χ0n) is 10.8. The van der Waals surface area contributed by atoms with Crippen LogP contribution in [-0.2, 0) is 14.3 Å². The molecule has 0 radical (unpaired) electrons. The molecule has 2 rings (SSSR count). The summed E-state index contributed by atoms with van der Waals surface area (Å²) >= 11 is 2.18. The third kappa shape index (κ3) is 4.17. The fourth-order valence-electron chi connectivity index (χ4n) is 2.27. The molecule has 2 atom stereocenters. The van der Waals surface area contributed by atoms with Crippen LogP contribution in [0.1, 0.15) is 19.3 Å². The third-order valence-corrected chi connectivity index (χ3v) is 3.98. The van der Waals surface area contributed by atoms with Crippen LogP contribution in [0.15, 0.2) is 24.3 Å². The van der Waals surface area contributed by atoms with Gasteiger partial charge in [0.2, 0.25) is 5.91 Å². The normalized spacial score (nSPS) is 19.6. The van der Waals surface area contributed by atoms with Crippen molar-refractivity contribution in [2.24, 2.45) is 5.92 Å². The zero-order chi connectivity index (χ0) is 14.5. The van der Waals surface area contributed by atoms with Gasteiger partial charge in [-0.05, 0) is 59.7 Å². The number of nitrogens with one attached hydrogen (secondary N) is 1. The summed E-state index contributed by atoms with van der Waals surface area (Å²) in [6.07, 6.45) is 1.10. The summed E-state index contributed by atoms with van der Waals surface area (Å²) in [5.74, 6) is -1.92. The molecule has 1 fully saturated rings. The number of carboxylic acid groups (broad SMARTS) is 1. The summed E-state index contributed by atoms with van der Waals surface area (Å²) in [4.78, 5) is 23.2. The van der Waals surface area contributed by atoms with Gasteiger partial charge in [-0.25, -0.2) is 0 Å². The average Bonchev–Trinajstić information content (AvgIpc) is 2.92. The number of aliphatic carboxylic acids is 1. The quantitative estimate of drug-likeness (QED) is 0.759. The standard InChI is InChI=1S/C14H16INO4/c15-9-3-5-10(6-4-9)16-14(19)11(8-13(17)18)12-2-1-7-20-12/h3-6,11-12H,1-2,7-8H2,(H,16,19)(H,17,18). The van der Waals surface area contributed by atoms with Gasteiger partial charge in [0.25, 0.3) is 0 Å². The molecule has 20 heavy (non-hydrogen) atoms. The molecule has 1 amide bonds. The number of carbonyl (C=O) groups is 2. The van der Waals surface area contributed by atoms with Gasteiger partial charge in [-0.2, -0.15) is 0 Å². The molecule has 0 spiro atoms. The molecule has 1 saturated heterocycles. The van der Waals surface area contributed by atoms with Crippen molar-refractivity contribution in [3.8, 4) is 0 Å². The van der Waals surface area contributed by atoms with Crippen LogP contribution in [0.5, 0.6) is 0 Å². The monoisotopic (exact) mass is 389 g/mol. The first-order chi connectivity index (χ1) is 9.56. The highest BCUT2D eigenvalue weighted by Crippen LogP contribution is 2.24. The van der Waals surface area contributed by atoms with E-state index in [-0.39, 0.29) is 18.4 Å². The van der Waals surface area contributed by atoms with E-state index in [0.29, 0.717) is 12.3 Å². The van der Waals surface area contributed by atoms with E-state index in [1.54, 1.807) is 12.1 Å². The van der Waals surface area contributed by atoms with E-state index in [2.05, 4.69) is 27.9 Å². The molecule has 1 aromatic rings. The van der Waals surface area contributed by atoms with Crippen LogP contribution in [0.25, 0.3) is 0 Å². The second-order valence-corrected chi connectivity index (χ2v) is 6.00. The molecule has 108 valence electrons. The van der Waals surface area contributed by atoms with Crippen molar-refractivity contribution in [1.82, 2.24) is 0 Å². The van der Waals surface area contributed by atoms with Crippen LogP contribution >= 0.6 is 22.6 Å². The fourth-order valence-corrected chi connectivity index (χ4v) is 2.63. The third-order valence-electron chi connectivity index (χ3n) is 3.26. The van der Waals surface area contributed by atoms with E-state index in [4.69, 9.17) is 9.84 Å². The van der Waals surface area contributed by atoms with Gasteiger partial charge in [0, 0.05) is 15.9 Å². The number of rotatable bonds is 5. The van der Waals surface area contributed by atoms with E-state index in [9.17, 15) is 9.59 Å². The van der Waals surface area contributed by atoms with Gasteiger partial charge >= 0.3 is 5.97 Å². The van der Waals surface area contributed by atoms with Crippen LogP contribution in [0.4, 0.5) is 5.69 Å². The lowest BCUT2D eigenvalue weighted by Gasteiger charge is -2.20. The van der Waals surface area contributed by atoms with Gasteiger partial charge < -0.3 is 15.2 Å². The molecule has 1 aliphatic heterocycles. The van der Waals surface area contributed by atoms with Crippen LogP contribution in [0.3, 0.4) is 0 Å². The first-order valence-electron chi connectivity index (χ1n) is 6.46. The van der Waals surface area contributed by atoms with Crippen molar-refractivity contribution in [1.29, 1.82) is 0 Å². The van der Waals surface area contributed by atoms with Gasteiger partial charge in [-0.15, -0.1) is 0 Å². The van der Waals surface area contributed by atoms with E-state index in [0.717, 1.165) is 16.4 Å². The minimum Gasteiger partial charge on any atom is -0.481 e. The van der Waals surface area contributed by atoms with E-state index < -0.39 is 11.9 Å². The molecular formula is C14H16INO4. The highest BCUT2D eigenvalue weighted by molar-refractivity contribution is 14.1. The molecule has 1 heterocycles. The van der Waals surface area contributed by atoms with Crippen molar-refractivity contribution >= 4 is 40.2 Å². The fraction of sp³-hybridized carbons (Fsp3) is 0.429. The van der Waals surface area contributed by atoms with E-state index >= 15 is 0 Å². The number of halogens is 1. The van der Waals surface area contributed by atoms with Crippen molar-refractivity contribution < 1.29 is 19.4 Å². The van der Waals surface area contributed by atoms with Crippen LogP contribution < -0.4 is 5.32 Å². The molecule has 0 aromatic heterocycles. The maximum Gasteiger partial charge on any atom is 0.304 e. The number of anilines is 1. The van der Waals surface area contributed by atoms with Gasteiger partial charge in [-0.3, -0.25) is 9.59 Å². The highest BCUT2D eigenvalue weighted by atomic mass is 127. The minimum absolute atomic E-state index is 0.207. The van der Waals surface area contributed by atoms with Crippen molar-refractivity contribution in [2.75, 3.05) is 11.9 Å². The second-order valence-electron chi connectivity index (χ2n) is 4.75. The Morgan fingerprint density at radius 1 is 1.40 bits per heavy atom. The van der Waals surface area contributed by atoms with Gasteiger partial charge in [0.15, 0.2) is 0 Å². The smallest absolute Gasteiger partial charge is 0.304 e. The molecule has 0 saturated carbocycles. The Hall–Kier alpha value is -1.15. The number of carbonyl (C=O) groups excluding carboxylic acids is 1. The van der Waals surface area contributed by atoms with Crippen LogP contribution in [0.2, 0.25) is 0 Å². The zero-order valence-corrected chi connectivity index (χ0v) is 13.0. The van der Waals surface area contributed by atoms with Gasteiger partial charge in [0.05, 0.1) is 18.4 Å². The summed E-state index contributed by atoms with van der Waals surface area (Å²) < 4.78 is 6.54. The molecule has 1 aliphatic rings.